The van der Waals surface area contributed by atoms with Crippen LogP contribution in [0.5, 0.6) is 0 Å². The predicted molar refractivity (Wildman–Crippen MR) is 40.4 cm³/mol. The summed E-state index contributed by atoms with van der Waals surface area (Å²) in [5.41, 5.74) is 0. The van der Waals surface area contributed by atoms with Crippen LogP contribution >= 0.6 is 0 Å². The maximum atomic E-state index is 8.18. The number of hydrogen-bond donors (Lipinski definition) is 0. The molecule has 0 bridgehead atoms. The maximum absolute atomic E-state index is 8.18. The van der Waals surface area contributed by atoms with E-state index in [2.05, 4.69) is 12.0 Å². The van der Waals surface area contributed by atoms with E-state index in [1.54, 1.807) is 0 Å². The molecule has 1 nitrogen and oxygen atoms in total. The van der Waals surface area contributed by atoms with E-state index < -0.39 is 0 Å². The Bertz CT molecular complexity index is 118. The Balaban J connectivity index is 2.80. The fourth-order valence-corrected chi connectivity index (χ4v) is 0.771. The Labute approximate surface area is 63.1 Å². The van der Waals surface area contributed by atoms with Crippen molar-refractivity contribution in [3.8, 4) is 12.0 Å². The Morgan fingerprint density at radius 3 is 2.10 bits per heavy atom. The lowest BCUT2D eigenvalue weighted by molar-refractivity contribution is 0.659. The lowest BCUT2D eigenvalue weighted by atomic mass is 10.1. The highest BCUT2D eigenvalue weighted by atomic mass is 14.2. The molecule has 0 aromatic heterocycles. The summed E-state index contributed by atoms with van der Waals surface area (Å²) >= 11 is 0. The van der Waals surface area contributed by atoms with Gasteiger partial charge in [-0.05, 0) is 19.3 Å². The zero-order chi connectivity index (χ0) is 7.66. The monoisotopic (exact) mass is 134 g/mol. The van der Waals surface area contributed by atoms with Crippen LogP contribution in [0.2, 0.25) is 0 Å². The first-order valence-corrected chi connectivity index (χ1v) is 3.68. The van der Waals surface area contributed by atoms with Crippen molar-refractivity contribution >= 4 is 0 Å². The van der Waals surface area contributed by atoms with Gasteiger partial charge in [0, 0.05) is 12.8 Å². The van der Waals surface area contributed by atoms with Crippen LogP contribution in [0.4, 0.5) is 0 Å². The van der Waals surface area contributed by atoms with Gasteiger partial charge in [0.25, 0.3) is 0 Å². The third-order valence-corrected chi connectivity index (χ3v) is 1.34. The molecule has 10 heavy (non-hydrogen) atoms. The minimum absolute atomic E-state index is 0.675. The van der Waals surface area contributed by atoms with E-state index in [1.165, 1.54) is 0 Å². The van der Waals surface area contributed by atoms with Crippen molar-refractivity contribution in [1.29, 1.82) is 5.26 Å². The summed E-state index contributed by atoms with van der Waals surface area (Å²) < 4.78 is 0. The molecule has 1 heteroatoms. The molecule has 0 aliphatic heterocycles. The van der Waals surface area contributed by atoms with Crippen molar-refractivity contribution in [2.45, 2.75) is 38.5 Å². The van der Waals surface area contributed by atoms with Crippen LogP contribution in [0.15, 0.2) is 0 Å². The van der Waals surface area contributed by atoms with Crippen molar-refractivity contribution in [1.82, 2.24) is 0 Å². The van der Waals surface area contributed by atoms with Gasteiger partial charge < -0.3 is 0 Å². The van der Waals surface area contributed by atoms with E-state index in [-0.39, 0.29) is 0 Å². The molecule has 0 amide bonds. The number of nitriles is 1. The molecule has 0 aliphatic rings. The zero-order valence-electron chi connectivity index (χ0n) is 6.19. The Kier molecular flexibility index (Phi) is 7.29. The predicted octanol–water partition coefficient (Wildman–Crippen LogP) is 2.44. The van der Waals surface area contributed by atoms with Gasteiger partial charge in [0.1, 0.15) is 0 Å². The van der Waals surface area contributed by atoms with Crippen molar-refractivity contribution < 1.29 is 0 Å². The van der Waals surface area contributed by atoms with Crippen molar-refractivity contribution in [3.05, 3.63) is 6.42 Å². The van der Waals surface area contributed by atoms with Crippen LogP contribution in [-0.4, -0.2) is 0 Å². The molecule has 0 aliphatic carbocycles. The summed E-state index contributed by atoms with van der Waals surface area (Å²) in [7, 11) is 0. The summed E-state index contributed by atoms with van der Waals surface area (Å²) in [5, 5.41) is 8.18. The number of rotatable bonds is 5. The number of hydrogen-bond acceptors (Lipinski definition) is 1. The van der Waals surface area contributed by atoms with Gasteiger partial charge in [-0.25, -0.2) is 0 Å². The second kappa shape index (κ2) is 8.05. The van der Waals surface area contributed by atoms with Gasteiger partial charge in [0.2, 0.25) is 0 Å². The number of unbranched alkanes of at least 4 members (excludes halogenated alkanes) is 5. The van der Waals surface area contributed by atoms with E-state index >= 15 is 0 Å². The van der Waals surface area contributed by atoms with Crippen LogP contribution in [-0.2, 0) is 0 Å². The highest BCUT2D eigenvalue weighted by molar-refractivity contribution is 4.74. The van der Waals surface area contributed by atoms with Crippen LogP contribution < -0.4 is 0 Å². The van der Waals surface area contributed by atoms with Gasteiger partial charge >= 0.3 is 0 Å². The van der Waals surface area contributed by atoms with E-state index in [9.17, 15) is 0 Å². The molecule has 0 saturated heterocycles. The van der Waals surface area contributed by atoms with Gasteiger partial charge in [-0.1, -0.05) is 18.8 Å². The van der Waals surface area contributed by atoms with E-state index in [4.69, 9.17) is 11.7 Å². The Morgan fingerprint density at radius 1 is 1.00 bits per heavy atom. The van der Waals surface area contributed by atoms with Gasteiger partial charge in [-0.2, -0.15) is 5.26 Å². The first-order chi connectivity index (χ1) is 4.91. The van der Waals surface area contributed by atoms with Crippen molar-refractivity contribution in [2.24, 2.45) is 0 Å². The highest BCUT2D eigenvalue weighted by Gasteiger charge is 1.86. The quantitative estimate of drug-likeness (QED) is 0.418. The molecular weight excluding hydrogens is 122 g/mol. The molecule has 0 unspecified atom stereocenters. The largest absolute Gasteiger partial charge is 0.198 e. The van der Waals surface area contributed by atoms with E-state index in [0.717, 1.165) is 32.1 Å². The molecule has 0 aromatic carbocycles. The normalized spacial score (nSPS) is 8.20. The third-order valence-electron chi connectivity index (χ3n) is 1.34. The summed E-state index contributed by atoms with van der Waals surface area (Å²) in [6, 6.07) is 2.11. The molecule has 0 spiro atoms. The average Bonchev–Trinajstić information content (AvgIpc) is 1.97. The lowest BCUT2D eigenvalue weighted by Crippen LogP contribution is -1.76. The topological polar surface area (TPSA) is 23.8 Å². The number of nitrogens with zero attached hydrogens (tertiary/aromatic N) is 1. The van der Waals surface area contributed by atoms with Crippen LogP contribution in [0.25, 0.3) is 0 Å². The molecule has 0 rings (SSSR count). The van der Waals surface area contributed by atoms with E-state index in [1.807, 2.05) is 0 Å². The Morgan fingerprint density at radius 2 is 1.60 bits per heavy atom. The molecule has 0 atom stereocenters. The van der Waals surface area contributed by atoms with Crippen LogP contribution in [0.3, 0.4) is 0 Å². The second-order valence-corrected chi connectivity index (χ2v) is 2.25. The van der Waals surface area contributed by atoms with Gasteiger partial charge in [-0.3, -0.25) is 0 Å². The molecule has 0 heterocycles. The standard InChI is InChI=1S/C9H12N/c1-2-3-4-5-6-7-8-9-10/h3-8H2. The first-order valence-electron chi connectivity index (χ1n) is 3.68. The molecule has 53 valence electrons. The molecule has 0 N–H and O–H groups in total. The van der Waals surface area contributed by atoms with Crippen LogP contribution in [0.1, 0.15) is 38.5 Å². The Hall–Kier alpha value is -0.950. The lowest BCUT2D eigenvalue weighted by Gasteiger charge is -1.92. The SMILES string of the molecule is [C]#CCCCCCCC#N. The van der Waals surface area contributed by atoms with E-state index in [0.29, 0.717) is 6.42 Å². The molecule has 0 fully saturated rings. The zero-order valence-corrected chi connectivity index (χ0v) is 6.19. The fourth-order valence-electron chi connectivity index (χ4n) is 0.771. The molecule has 1 radical (unpaired) electrons. The second-order valence-electron chi connectivity index (χ2n) is 2.25. The average molecular weight is 134 g/mol. The van der Waals surface area contributed by atoms with Gasteiger partial charge in [-0.15, -0.1) is 0 Å². The maximum Gasteiger partial charge on any atom is 0.0621 e. The van der Waals surface area contributed by atoms with Gasteiger partial charge in [0.05, 0.1) is 6.07 Å². The van der Waals surface area contributed by atoms with Crippen LogP contribution in [0, 0.1) is 23.7 Å². The minimum atomic E-state index is 0.675. The minimum Gasteiger partial charge on any atom is -0.198 e. The summed E-state index contributed by atoms with van der Waals surface area (Å²) in [4.78, 5) is 0. The third kappa shape index (κ3) is 7.05. The molecular formula is C9H12N. The fraction of sp³-hybridized carbons (Fsp3) is 0.667. The van der Waals surface area contributed by atoms with Crippen molar-refractivity contribution in [3.63, 3.8) is 0 Å². The molecule has 0 aromatic rings. The smallest absolute Gasteiger partial charge is 0.0621 e. The van der Waals surface area contributed by atoms with Crippen molar-refractivity contribution in [2.75, 3.05) is 0 Å². The summed E-state index contributed by atoms with van der Waals surface area (Å²) in [6.45, 7) is 0. The van der Waals surface area contributed by atoms with Gasteiger partial charge in [0.15, 0.2) is 0 Å². The summed E-state index contributed by atoms with van der Waals surface area (Å²) in [5.74, 6) is 2.34. The highest BCUT2D eigenvalue weighted by Crippen LogP contribution is 2.03. The summed E-state index contributed by atoms with van der Waals surface area (Å²) in [6.07, 6.45) is 12.4. The molecule has 0 saturated carbocycles. The first kappa shape index (κ1) is 9.05.